The van der Waals surface area contributed by atoms with Gasteiger partial charge in [-0.3, -0.25) is 14.6 Å². The number of amides is 3. The van der Waals surface area contributed by atoms with Crippen molar-refractivity contribution < 1.29 is 14.2 Å². The van der Waals surface area contributed by atoms with Gasteiger partial charge in [0.2, 0.25) is 11.9 Å². The summed E-state index contributed by atoms with van der Waals surface area (Å²) in [6, 6.07) is 4.80. The van der Waals surface area contributed by atoms with Gasteiger partial charge in [0.15, 0.2) is 0 Å². The molecule has 0 spiro atoms. The molecule has 0 N–H and O–H groups in total. The Kier molecular flexibility index (Phi) is 3.49. The van der Waals surface area contributed by atoms with E-state index in [2.05, 4.69) is 4.99 Å². The molecule has 0 saturated carbocycles. The normalized spacial score (nSPS) is 19.0. The molecule has 2 aromatic rings. The number of hydrogen-bond acceptors (Lipinski definition) is 3. The Balaban J connectivity index is 1.97. The highest BCUT2D eigenvalue weighted by atomic mass is 35.5. The van der Waals surface area contributed by atoms with Gasteiger partial charge in [0.05, 0.1) is 0 Å². The minimum atomic E-state index is -0.626. The van der Waals surface area contributed by atoms with Crippen molar-refractivity contribution in [3.05, 3.63) is 40.2 Å². The van der Waals surface area contributed by atoms with Crippen molar-refractivity contribution in [3.63, 3.8) is 0 Å². The first-order valence-corrected chi connectivity index (χ1v) is 8.65. The number of nitrogens with zero attached hydrogens (tertiary/aromatic N) is 5. The number of aryl methyl sites for hydroxylation is 1. The Morgan fingerprint density at radius 1 is 1.12 bits per heavy atom. The number of rotatable bonds is 1. The van der Waals surface area contributed by atoms with Crippen LogP contribution in [0.3, 0.4) is 0 Å². The summed E-state index contributed by atoms with van der Waals surface area (Å²) in [6.07, 6.45) is 0. The monoisotopic (exact) mass is 372 g/mol. The number of aromatic nitrogens is 2. The lowest BCUT2D eigenvalue weighted by molar-refractivity contribution is -0.682. The Hall–Kier alpha value is -2.67. The summed E-state index contributed by atoms with van der Waals surface area (Å²) in [5.74, 6) is 0.782. The topological polar surface area (TPSA) is 61.8 Å². The molecule has 0 aliphatic carbocycles. The van der Waals surface area contributed by atoms with Crippen LogP contribution in [0.4, 0.5) is 10.7 Å². The van der Waals surface area contributed by atoms with Crippen LogP contribution < -0.4 is 4.57 Å². The Morgan fingerprint density at radius 3 is 2.46 bits per heavy atom. The van der Waals surface area contributed by atoms with Crippen molar-refractivity contribution >= 4 is 35.3 Å². The maximum atomic E-state index is 12.8. The Labute approximate surface area is 156 Å². The second kappa shape index (κ2) is 5.41. The van der Waals surface area contributed by atoms with Crippen LogP contribution in [-0.4, -0.2) is 46.2 Å². The van der Waals surface area contributed by atoms with Gasteiger partial charge in [-0.15, -0.1) is 0 Å². The second-order valence-electron chi connectivity index (χ2n) is 6.72. The molecule has 3 heterocycles. The number of carbonyl (C=O) groups excluding carboxylic acids is 2. The predicted molar refractivity (Wildman–Crippen MR) is 97.2 cm³/mol. The highest BCUT2D eigenvalue weighted by Gasteiger charge is 2.53. The van der Waals surface area contributed by atoms with E-state index in [-0.39, 0.29) is 11.9 Å². The molecule has 0 bridgehead atoms. The largest absolute Gasteiger partial charge is 0.407 e. The van der Waals surface area contributed by atoms with Crippen LogP contribution in [0.2, 0.25) is 5.02 Å². The molecule has 1 atom stereocenters. The summed E-state index contributed by atoms with van der Waals surface area (Å²) in [7, 11) is 3.13. The van der Waals surface area contributed by atoms with Gasteiger partial charge >= 0.3 is 12.0 Å². The molecule has 26 heavy (non-hydrogen) atoms. The van der Waals surface area contributed by atoms with Crippen molar-refractivity contribution in [1.82, 2.24) is 14.4 Å². The standard InChI is InChI=1S/C18H19ClN5O2/c1-9-6-7-12(8-13(9)19)23-10(2)11(3)24-14-15(20-17(23)24)21(4)18(26)22(5)16(14)25/h6-8,14H,1-5H3/q+1. The van der Waals surface area contributed by atoms with Crippen LogP contribution in [0.5, 0.6) is 0 Å². The molecule has 2 aliphatic heterocycles. The van der Waals surface area contributed by atoms with Crippen molar-refractivity contribution in [2.75, 3.05) is 14.1 Å². The summed E-state index contributed by atoms with van der Waals surface area (Å²) in [5, 5.41) is 0.665. The fourth-order valence-electron chi connectivity index (χ4n) is 3.55. The zero-order chi connectivity index (χ0) is 18.9. The lowest BCUT2D eigenvalue weighted by atomic mass is 10.1. The van der Waals surface area contributed by atoms with Gasteiger partial charge in [0.1, 0.15) is 17.1 Å². The Bertz CT molecular complexity index is 1020. The first kappa shape index (κ1) is 16.8. The number of halogens is 1. The van der Waals surface area contributed by atoms with Crippen LogP contribution in [0.1, 0.15) is 23.0 Å². The average Bonchev–Trinajstić information content (AvgIpc) is 3.10. The molecular formula is C18H19ClN5O2+. The van der Waals surface area contributed by atoms with Gasteiger partial charge in [0.25, 0.3) is 5.91 Å². The third-order valence-corrected chi connectivity index (χ3v) is 5.66. The highest BCUT2D eigenvalue weighted by Crippen LogP contribution is 2.33. The molecule has 4 rings (SSSR count). The summed E-state index contributed by atoms with van der Waals surface area (Å²) in [6.45, 7) is 5.88. The van der Waals surface area contributed by atoms with E-state index in [0.717, 1.165) is 27.5 Å². The van der Waals surface area contributed by atoms with Crippen LogP contribution in [0.15, 0.2) is 23.2 Å². The first-order valence-electron chi connectivity index (χ1n) is 8.27. The number of carbonyl (C=O) groups is 2. The number of hydrogen-bond donors (Lipinski definition) is 0. The zero-order valence-electron chi connectivity index (χ0n) is 15.2. The van der Waals surface area contributed by atoms with Crippen LogP contribution in [0.25, 0.3) is 5.69 Å². The molecule has 3 amide bonds. The minimum Gasteiger partial charge on any atom is -0.270 e. The predicted octanol–water partition coefficient (Wildman–Crippen LogP) is 2.45. The van der Waals surface area contributed by atoms with Crippen molar-refractivity contribution in [2.45, 2.75) is 26.8 Å². The average molecular weight is 373 g/mol. The van der Waals surface area contributed by atoms with Crippen LogP contribution in [0, 0.1) is 20.8 Å². The number of amidine groups is 1. The number of fused-ring (bicyclic) bond motifs is 3. The first-order chi connectivity index (χ1) is 12.2. The van der Waals surface area contributed by atoms with Gasteiger partial charge in [-0.05, 0) is 38.5 Å². The number of imide groups is 1. The van der Waals surface area contributed by atoms with Crippen LogP contribution >= 0.6 is 11.6 Å². The van der Waals surface area contributed by atoms with E-state index in [1.807, 2.05) is 48.1 Å². The van der Waals surface area contributed by atoms with E-state index in [4.69, 9.17) is 11.6 Å². The molecule has 1 saturated heterocycles. The van der Waals surface area contributed by atoms with E-state index in [1.54, 1.807) is 7.05 Å². The molecule has 1 aromatic carbocycles. The number of urea groups is 1. The summed E-state index contributed by atoms with van der Waals surface area (Å²) in [5.41, 5.74) is 3.75. The molecule has 1 aromatic heterocycles. The molecule has 7 nitrogen and oxygen atoms in total. The van der Waals surface area contributed by atoms with Gasteiger partial charge < -0.3 is 0 Å². The number of likely N-dealkylation sites (N-methyl/N-ethyl adjacent to an activating group) is 2. The minimum absolute atomic E-state index is 0.280. The van der Waals surface area contributed by atoms with E-state index >= 15 is 0 Å². The third kappa shape index (κ3) is 2.00. The summed E-state index contributed by atoms with van der Waals surface area (Å²) >= 11 is 6.31. The van der Waals surface area contributed by atoms with Gasteiger partial charge in [-0.1, -0.05) is 22.7 Å². The van der Waals surface area contributed by atoms with E-state index < -0.39 is 6.04 Å². The highest BCUT2D eigenvalue weighted by molar-refractivity contribution is 6.31. The van der Waals surface area contributed by atoms with E-state index in [0.29, 0.717) is 16.8 Å². The maximum absolute atomic E-state index is 12.8. The van der Waals surface area contributed by atoms with Gasteiger partial charge in [0, 0.05) is 19.1 Å². The Morgan fingerprint density at radius 2 is 1.81 bits per heavy atom. The molecule has 0 radical (unpaired) electrons. The van der Waals surface area contributed by atoms with Crippen molar-refractivity contribution in [1.29, 1.82) is 0 Å². The fourth-order valence-corrected chi connectivity index (χ4v) is 3.72. The molecule has 8 heteroatoms. The number of aliphatic imine (C=N–C) groups is 1. The third-order valence-electron chi connectivity index (χ3n) is 5.25. The lowest BCUT2D eigenvalue weighted by Gasteiger charge is -2.30. The quantitative estimate of drug-likeness (QED) is 0.722. The van der Waals surface area contributed by atoms with Crippen molar-refractivity contribution in [3.8, 4) is 5.69 Å². The molecular weight excluding hydrogens is 354 g/mol. The molecule has 2 aliphatic rings. The summed E-state index contributed by atoms with van der Waals surface area (Å²) < 4.78 is 3.86. The van der Waals surface area contributed by atoms with Gasteiger partial charge in [-0.2, -0.15) is 4.57 Å². The smallest absolute Gasteiger partial charge is 0.270 e. The summed E-state index contributed by atoms with van der Waals surface area (Å²) in [4.78, 5) is 32.3. The molecule has 1 unspecified atom stereocenters. The van der Waals surface area contributed by atoms with Crippen LogP contribution in [-0.2, 0) is 4.79 Å². The van der Waals surface area contributed by atoms with E-state index in [9.17, 15) is 9.59 Å². The second-order valence-corrected chi connectivity index (χ2v) is 7.13. The SMILES string of the molecule is Cc1ccc(-n2c(C)c(C)[n+]3c2N=C2C3C(=O)N(C)C(=O)N2C)cc1Cl. The van der Waals surface area contributed by atoms with E-state index in [1.165, 1.54) is 11.9 Å². The zero-order valence-corrected chi connectivity index (χ0v) is 16.0. The number of benzene rings is 1. The molecule has 134 valence electrons. The van der Waals surface area contributed by atoms with Gasteiger partial charge in [-0.25, -0.2) is 9.36 Å². The molecule has 1 fully saturated rings. The maximum Gasteiger partial charge on any atom is 0.407 e. The fraction of sp³-hybridized carbons (Fsp3) is 0.333. The number of imidazole rings is 1. The lowest BCUT2D eigenvalue weighted by Crippen LogP contribution is -2.62. The van der Waals surface area contributed by atoms with Crippen molar-refractivity contribution in [2.24, 2.45) is 4.99 Å².